The first kappa shape index (κ1) is 20.2. The van der Waals surface area contributed by atoms with Crippen LogP contribution in [0.4, 0.5) is 11.4 Å². The van der Waals surface area contributed by atoms with Crippen LogP contribution in [0, 0.1) is 0 Å². The first-order valence-electron chi connectivity index (χ1n) is 10.5. The molecule has 1 unspecified atom stereocenters. The number of hydrogen-bond donors (Lipinski definition) is 2. The number of rotatable bonds is 5. The van der Waals surface area contributed by atoms with E-state index in [-0.39, 0.29) is 11.9 Å². The molecule has 2 aliphatic heterocycles. The van der Waals surface area contributed by atoms with Gasteiger partial charge in [0, 0.05) is 51.0 Å². The van der Waals surface area contributed by atoms with Crippen molar-refractivity contribution >= 4 is 23.2 Å². The highest BCUT2D eigenvalue weighted by Gasteiger charge is 2.31. The number of amides is 1. The van der Waals surface area contributed by atoms with E-state index in [1.54, 1.807) is 7.05 Å². The summed E-state index contributed by atoms with van der Waals surface area (Å²) in [5.41, 5.74) is 3.39. The molecule has 2 N–H and O–H groups in total. The van der Waals surface area contributed by atoms with Crippen LogP contribution in [0.25, 0.3) is 0 Å². The number of carbonyl (C=O) groups excluding carboxylic acids is 1. The molecule has 7 nitrogen and oxygen atoms in total. The number of morpholine rings is 1. The summed E-state index contributed by atoms with van der Waals surface area (Å²) in [5, 5.41) is 6.82. The molecular formula is C23H29N5O2. The van der Waals surface area contributed by atoms with Crippen LogP contribution in [0.2, 0.25) is 0 Å². The number of aliphatic imine (C=N–C) groups is 1. The van der Waals surface area contributed by atoms with Gasteiger partial charge >= 0.3 is 0 Å². The summed E-state index contributed by atoms with van der Waals surface area (Å²) in [6, 6.07) is 18.3. The largest absolute Gasteiger partial charge is 0.378 e. The Morgan fingerprint density at radius 3 is 2.60 bits per heavy atom. The summed E-state index contributed by atoms with van der Waals surface area (Å²) in [6.07, 6.45) is 0.458. The summed E-state index contributed by atoms with van der Waals surface area (Å²) in [7, 11) is 1.76. The Labute approximate surface area is 177 Å². The van der Waals surface area contributed by atoms with Crippen LogP contribution in [0.5, 0.6) is 0 Å². The van der Waals surface area contributed by atoms with E-state index in [0.29, 0.717) is 25.5 Å². The molecule has 2 heterocycles. The Hall–Kier alpha value is -3.06. The van der Waals surface area contributed by atoms with Crippen LogP contribution >= 0.6 is 0 Å². The first-order chi connectivity index (χ1) is 14.7. The lowest BCUT2D eigenvalue weighted by molar-refractivity contribution is -0.117. The van der Waals surface area contributed by atoms with Gasteiger partial charge in [-0.25, -0.2) is 0 Å². The van der Waals surface area contributed by atoms with Crippen molar-refractivity contribution in [2.45, 2.75) is 19.0 Å². The second kappa shape index (κ2) is 9.63. The molecular weight excluding hydrogens is 378 g/mol. The van der Waals surface area contributed by atoms with E-state index in [4.69, 9.17) is 4.74 Å². The summed E-state index contributed by atoms with van der Waals surface area (Å²) in [4.78, 5) is 21.0. The number of carbonyl (C=O) groups is 1. The molecule has 158 valence electrons. The number of benzene rings is 2. The van der Waals surface area contributed by atoms with Crippen molar-refractivity contribution in [2.75, 3.05) is 49.7 Å². The molecule has 0 aromatic heterocycles. The SMILES string of the molecule is CN=C(NCc1ccccc1N1CCOCC1)NC1CC(=O)N(c2ccccc2)C1. The fourth-order valence-electron chi connectivity index (χ4n) is 4.00. The van der Waals surface area contributed by atoms with Gasteiger partial charge in [0.25, 0.3) is 0 Å². The Kier molecular flexibility index (Phi) is 6.49. The number of guanidine groups is 1. The van der Waals surface area contributed by atoms with Crippen LogP contribution in [-0.2, 0) is 16.1 Å². The highest BCUT2D eigenvalue weighted by atomic mass is 16.5. The van der Waals surface area contributed by atoms with Crippen molar-refractivity contribution in [1.29, 1.82) is 0 Å². The predicted octanol–water partition coefficient (Wildman–Crippen LogP) is 1.99. The van der Waals surface area contributed by atoms with Crippen LogP contribution in [0.15, 0.2) is 59.6 Å². The van der Waals surface area contributed by atoms with Crippen LogP contribution in [0.3, 0.4) is 0 Å². The van der Waals surface area contributed by atoms with Gasteiger partial charge in [-0.05, 0) is 23.8 Å². The van der Waals surface area contributed by atoms with Crippen molar-refractivity contribution in [3.05, 3.63) is 60.2 Å². The summed E-state index contributed by atoms with van der Waals surface area (Å²) in [6.45, 7) is 4.63. The first-order valence-corrected chi connectivity index (χ1v) is 10.5. The van der Waals surface area contributed by atoms with Crippen LogP contribution in [0.1, 0.15) is 12.0 Å². The third-order valence-corrected chi connectivity index (χ3v) is 5.55. The van der Waals surface area contributed by atoms with E-state index in [0.717, 1.165) is 32.0 Å². The van der Waals surface area contributed by atoms with Crippen molar-refractivity contribution < 1.29 is 9.53 Å². The Morgan fingerprint density at radius 1 is 1.10 bits per heavy atom. The van der Waals surface area contributed by atoms with Gasteiger partial charge in [0.05, 0.1) is 19.3 Å². The number of anilines is 2. The number of ether oxygens (including phenoxy) is 1. The second-order valence-corrected chi connectivity index (χ2v) is 7.54. The number of nitrogens with one attached hydrogen (secondary N) is 2. The summed E-state index contributed by atoms with van der Waals surface area (Å²) < 4.78 is 5.48. The Bertz CT molecular complexity index is 880. The third kappa shape index (κ3) is 4.74. The number of hydrogen-bond acceptors (Lipinski definition) is 4. The zero-order valence-electron chi connectivity index (χ0n) is 17.4. The molecule has 0 aliphatic carbocycles. The molecule has 0 saturated carbocycles. The maximum atomic E-state index is 12.5. The van der Waals surface area contributed by atoms with Crippen LogP contribution < -0.4 is 20.4 Å². The summed E-state index contributed by atoms with van der Waals surface area (Å²) >= 11 is 0. The molecule has 2 saturated heterocycles. The lowest BCUT2D eigenvalue weighted by Crippen LogP contribution is -2.44. The minimum absolute atomic E-state index is 0.0263. The third-order valence-electron chi connectivity index (χ3n) is 5.55. The number of nitrogens with zero attached hydrogens (tertiary/aromatic N) is 3. The van der Waals surface area contributed by atoms with Gasteiger partial charge in [-0.15, -0.1) is 0 Å². The standard InChI is InChI=1S/C23H29N5O2/c1-24-23(26-19-15-22(29)28(17-19)20-8-3-2-4-9-20)25-16-18-7-5-6-10-21(18)27-11-13-30-14-12-27/h2-10,19H,11-17H2,1H3,(H2,24,25,26). The smallest absolute Gasteiger partial charge is 0.229 e. The van der Waals surface area contributed by atoms with E-state index in [2.05, 4.69) is 44.8 Å². The van der Waals surface area contributed by atoms with Gasteiger partial charge in [-0.1, -0.05) is 36.4 Å². The van der Waals surface area contributed by atoms with Gasteiger partial charge in [0.1, 0.15) is 0 Å². The predicted molar refractivity (Wildman–Crippen MR) is 120 cm³/mol. The van der Waals surface area contributed by atoms with Crippen molar-refractivity contribution in [3.63, 3.8) is 0 Å². The van der Waals surface area contributed by atoms with Gasteiger partial charge in [0.15, 0.2) is 5.96 Å². The molecule has 0 spiro atoms. The summed E-state index contributed by atoms with van der Waals surface area (Å²) in [5.74, 6) is 0.839. The average molecular weight is 408 g/mol. The van der Waals surface area contributed by atoms with Gasteiger partial charge in [0.2, 0.25) is 5.91 Å². The maximum absolute atomic E-state index is 12.5. The van der Waals surface area contributed by atoms with E-state index >= 15 is 0 Å². The fourth-order valence-corrected chi connectivity index (χ4v) is 4.00. The van der Waals surface area contributed by atoms with E-state index < -0.39 is 0 Å². The highest BCUT2D eigenvalue weighted by molar-refractivity contribution is 5.97. The Morgan fingerprint density at radius 2 is 1.83 bits per heavy atom. The van der Waals surface area contributed by atoms with Gasteiger partial charge < -0.3 is 25.2 Å². The minimum Gasteiger partial charge on any atom is -0.378 e. The monoisotopic (exact) mass is 407 g/mol. The zero-order valence-corrected chi connectivity index (χ0v) is 17.4. The molecule has 1 amide bonds. The van der Waals surface area contributed by atoms with Gasteiger partial charge in [-0.3, -0.25) is 9.79 Å². The minimum atomic E-state index is 0.0263. The van der Waals surface area contributed by atoms with Gasteiger partial charge in [-0.2, -0.15) is 0 Å². The van der Waals surface area contributed by atoms with E-state index in [9.17, 15) is 4.79 Å². The molecule has 2 fully saturated rings. The second-order valence-electron chi connectivity index (χ2n) is 7.54. The maximum Gasteiger partial charge on any atom is 0.229 e. The molecule has 2 aliphatic rings. The van der Waals surface area contributed by atoms with Crippen LogP contribution in [-0.4, -0.2) is 57.8 Å². The molecule has 1 atom stereocenters. The van der Waals surface area contributed by atoms with Crippen molar-refractivity contribution in [2.24, 2.45) is 4.99 Å². The molecule has 0 bridgehead atoms. The Balaban J connectivity index is 1.36. The van der Waals surface area contributed by atoms with E-state index in [1.165, 1.54) is 11.3 Å². The van der Waals surface area contributed by atoms with Crippen molar-refractivity contribution in [3.8, 4) is 0 Å². The topological polar surface area (TPSA) is 69.2 Å². The quantitative estimate of drug-likeness (QED) is 0.586. The highest BCUT2D eigenvalue weighted by Crippen LogP contribution is 2.22. The van der Waals surface area contributed by atoms with E-state index in [1.807, 2.05) is 35.2 Å². The zero-order chi connectivity index (χ0) is 20.8. The molecule has 2 aromatic carbocycles. The molecule has 0 radical (unpaired) electrons. The molecule has 4 rings (SSSR count). The molecule has 2 aromatic rings. The average Bonchev–Trinajstić information content (AvgIpc) is 3.18. The normalized spacial score (nSPS) is 19.8. The lowest BCUT2D eigenvalue weighted by atomic mass is 10.1. The number of para-hydroxylation sites is 2. The van der Waals surface area contributed by atoms with Crippen molar-refractivity contribution in [1.82, 2.24) is 10.6 Å². The molecule has 7 heteroatoms. The lowest BCUT2D eigenvalue weighted by Gasteiger charge is -2.30. The molecule has 30 heavy (non-hydrogen) atoms. The fraction of sp³-hybridized carbons (Fsp3) is 0.391.